The Hall–Kier alpha value is -0.260. The van der Waals surface area contributed by atoms with Crippen molar-refractivity contribution >= 4 is 50.9 Å². The van der Waals surface area contributed by atoms with E-state index >= 15 is 0 Å². The molecule has 1 aromatic heterocycles. The molecule has 0 spiro atoms. The van der Waals surface area contributed by atoms with E-state index in [1.807, 2.05) is 17.8 Å². The molecule has 17 heavy (non-hydrogen) atoms. The Balaban J connectivity index is 2.54. The van der Waals surface area contributed by atoms with Crippen LogP contribution in [0.2, 0.25) is 0 Å². The highest BCUT2D eigenvalue weighted by atomic mass is 79.9. The average Bonchev–Trinajstić information content (AvgIpc) is 2.54. The maximum absolute atomic E-state index is 5.39. The Morgan fingerprint density at radius 1 is 1.47 bits per heavy atom. The number of imidazole rings is 1. The van der Waals surface area contributed by atoms with Crippen LogP contribution in [0.3, 0.4) is 0 Å². The predicted octanol–water partition coefficient (Wildman–Crippen LogP) is 4.60. The van der Waals surface area contributed by atoms with Crippen molar-refractivity contribution in [3.05, 3.63) is 27.4 Å². The summed E-state index contributed by atoms with van der Waals surface area (Å²) in [5, 5.41) is 0. The second-order valence-corrected chi connectivity index (χ2v) is 7.46. The summed E-state index contributed by atoms with van der Waals surface area (Å²) in [6.45, 7) is 5.38. The van der Waals surface area contributed by atoms with Crippen LogP contribution in [0.5, 0.6) is 0 Å². The molecular weight excluding hydrogens is 316 g/mol. The Morgan fingerprint density at radius 2 is 2.18 bits per heavy atom. The average molecular weight is 331 g/mol. The van der Waals surface area contributed by atoms with Crippen LogP contribution in [0.4, 0.5) is 0 Å². The van der Waals surface area contributed by atoms with Gasteiger partial charge in [-0.05, 0) is 50.5 Å². The van der Waals surface area contributed by atoms with Crippen LogP contribution in [-0.4, -0.2) is 20.6 Å². The minimum Gasteiger partial charge on any atom is -0.331 e. The van der Waals surface area contributed by atoms with Gasteiger partial charge in [0.25, 0.3) is 0 Å². The van der Waals surface area contributed by atoms with E-state index < -0.39 is 0 Å². The molecule has 0 aliphatic rings. The van der Waals surface area contributed by atoms with Gasteiger partial charge in [0.05, 0.1) is 11.0 Å². The molecular formula is C12H15BrN2S2. The number of nitrogens with zero attached hydrogens (tertiary/aromatic N) is 1. The lowest BCUT2D eigenvalue weighted by Crippen LogP contribution is -2.22. The van der Waals surface area contributed by atoms with E-state index in [1.54, 1.807) is 0 Å². The molecule has 2 aromatic rings. The molecule has 5 heteroatoms. The normalized spacial score (nSPS) is 12.2. The standard InChI is InChI=1S/C12H15BrN2S2/c1-12(2,17-3)7-15-10-5-4-8(13)6-9(10)14-11(15)16/h4-6H,7H2,1-3H3,(H,14,16). The molecule has 0 aliphatic heterocycles. The highest BCUT2D eigenvalue weighted by Gasteiger charge is 2.18. The number of nitrogens with one attached hydrogen (secondary N) is 1. The van der Waals surface area contributed by atoms with Crippen molar-refractivity contribution in [1.82, 2.24) is 9.55 Å². The third-order valence-electron chi connectivity index (χ3n) is 2.83. The maximum atomic E-state index is 5.39. The maximum Gasteiger partial charge on any atom is 0.178 e. The molecule has 92 valence electrons. The first-order chi connectivity index (χ1) is 7.93. The molecule has 0 aliphatic carbocycles. The van der Waals surface area contributed by atoms with E-state index in [4.69, 9.17) is 12.2 Å². The Labute approximate surface area is 119 Å². The van der Waals surface area contributed by atoms with Gasteiger partial charge in [0.1, 0.15) is 0 Å². The number of halogens is 1. The quantitative estimate of drug-likeness (QED) is 0.830. The lowest BCUT2D eigenvalue weighted by atomic mass is 10.2. The van der Waals surface area contributed by atoms with Crippen molar-refractivity contribution in [2.24, 2.45) is 0 Å². The van der Waals surface area contributed by atoms with E-state index in [1.165, 1.54) is 5.52 Å². The van der Waals surface area contributed by atoms with E-state index in [0.717, 1.165) is 21.3 Å². The molecule has 0 fully saturated rings. The number of fused-ring (bicyclic) bond motifs is 1. The molecule has 0 bridgehead atoms. The zero-order valence-corrected chi connectivity index (χ0v) is 13.3. The number of aromatic amines is 1. The van der Waals surface area contributed by atoms with Crippen LogP contribution in [0, 0.1) is 4.77 Å². The zero-order chi connectivity index (χ0) is 12.6. The van der Waals surface area contributed by atoms with Crippen molar-refractivity contribution in [1.29, 1.82) is 0 Å². The van der Waals surface area contributed by atoms with Crippen molar-refractivity contribution in [3.63, 3.8) is 0 Å². The van der Waals surface area contributed by atoms with Crippen LogP contribution in [0.25, 0.3) is 11.0 Å². The minimum absolute atomic E-state index is 0.181. The third kappa shape index (κ3) is 2.77. The smallest absolute Gasteiger partial charge is 0.178 e. The van der Waals surface area contributed by atoms with Crippen LogP contribution in [0.15, 0.2) is 22.7 Å². The fourth-order valence-electron chi connectivity index (χ4n) is 1.74. The molecule has 2 nitrogen and oxygen atoms in total. The largest absolute Gasteiger partial charge is 0.331 e. The van der Waals surface area contributed by atoms with Gasteiger partial charge in [0.15, 0.2) is 4.77 Å². The predicted molar refractivity (Wildman–Crippen MR) is 82.4 cm³/mol. The van der Waals surface area contributed by atoms with Crippen molar-refractivity contribution < 1.29 is 0 Å². The SMILES string of the molecule is CSC(C)(C)Cn1c(=S)[nH]c2cc(Br)ccc21. The number of H-pyrrole nitrogens is 1. The number of hydrogen-bond donors (Lipinski definition) is 1. The first-order valence-corrected chi connectivity index (χ1v) is 7.79. The lowest BCUT2D eigenvalue weighted by Gasteiger charge is -2.22. The lowest BCUT2D eigenvalue weighted by molar-refractivity contribution is 0.575. The van der Waals surface area contributed by atoms with Crippen LogP contribution >= 0.6 is 39.9 Å². The molecule has 0 radical (unpaired) electrons. The van der Waals surface area contributed by atoms with Gasteiger partial charge in [-0.15, -0.1) is 0 Å². The Morgan fingerprint density at radius 3 is 2.82 bits per heavy atom. The highest BCUT2D eigenvalue weighted by molar-refractivity contribution is 9.10. The van der Waals surface area contributed by atoms with Crippen molar-refractivity contribution in [2.75, 3.05) is 6.26 Å². The van der Waals surface area contributed by atoms with E-state index in [0.29, 0.717) is 0 Å². The van der Waals surface area contributed by atoms with E-state index in [9.17, 15) is 0 Å². The summed E-state index contributed by atoms with van der Waals surface area (Å²) in [6.07, 6.45) is 2.13. The van der Waals surface area contributed by atoms with Crippen LogP contribution in [0.1, 0.15) is 13.8 Å². The van der Waals surface area contributed by atoms with Gasteiger partial charge in [0.2, 0.25) is 0 Å². The van der Waals surface area contributed by atoms with Gasteiger partial charge >= 0.3 is 0 Å². The summed E-state index contributed by atoms with van der Waals surface area (Å²) in [7, 11) is 0. The van der Waals surface area contributed by atoms with E-state index in [2.05, 4.69) is 57.7 Å². The number of benzene rings is 1. The third-order valence-corrected chi connectivity index (χ3v) is 4.88. The molecule has 0 amide bonds. The second-order valence-electron chi connectivity index (χ2n) is 4.64. The summed E-state index contributed by atoms with van der Waals surface area (Å²) in [4.78, 5) is 3.25. The molecule has 1 aromatic carbocycles. The van der Waals surface area contributed by atoms with Crippen LogP contribution < -0.4 is 0 Å². The monoisotopic (exact) mass is 330 g/mol. The molecule has 1 N–H and O–H groups in total. The van der Waals surface area contributed by atoms with Crippen molar-refractivity contribution in [2.45, 2.75) is 25.1 Å². The van der Waals surface area contributed by atoms with Gasteiger partial charge in [-0.1, -0.05) is 15.9 Å². The molecule has 0 atom stereocenters. The summed E-state index contributed by atoms with van der Waals surface area (Å²) >= 11 is 10.7. The molecule has 1 heterocycles. The Bertz CT molecular complexity index is 598. The topological polar surface area (TPSA) is 20.7 Å². The fraction of sp³-hybridized carbons (Fsp3) is 0.417. The van der Waals surface area contributed by atoms with Gasteiger partial charge in [-0.3, -0.25) is 0 Å². The Kier molecular flexibility index (Phi) is 3.71. The number of thioether (sulfide) groups is 1. The number of hydrogen-bond acceptors (Lipinski definition) is 2. The first-order valence-electron chi connectivity index (χ1n) is 5.36. The van der Waals surface area contributed by atoms with Gasteiger partial charge in [-0.2, -0.15) is 11.8 Å². The van der Waals surface area contributed by atoms with Gasteiger partial charge in [-0.25, -0.2) is 0 Å². The molecule has 2 rings (SSSR count). The molecule has 0 unspecified atom stereocenters. The van der Waals surface area contributed by atoms with Gasteiger partial charge < -0.3 is 9.55 Å². The van der Waals surface area contributed by atoms with Crippen molar-refractivity contribution in [3.8, 4) is 0 Å². The number of rotatable bonds is 3. The molecule has 0 saturated heterocycles. The summed E-state index contributed by atoms with van der Waals surface area (Å²) in [5.74, 6) is 0. The van der Waals surface area contributed by atoms with E-state index in [-0.39, 0.29) is 4.75 Å². The molecule has 0 saturated carbocycles. The summed E-state index contributed by atoms with van der Waals surface area (Å²) in [5.41, 5.74) is 2.25. The summed E-state index contributed by atoms with van der Waals surface area (Å²) < 4.78 is 4.21. The fourth-order valence-corrected chi connectivity index (χ4v) is 2.63. The first kappa shape index (κ1) is 13.2. The minimum atomic E-state index is 0.181. The summed E-state index contributed by atoms with van der Waals surface area (Å²) in [6, 6.07) is 6.21. The highest BCUT2D eigenvalue weighted by Crippen LogP contribution is 2.27. The van der Waals surface area contributed by atoms with Crippen LogP contribution in [-0.2, 0) is 6.54 Å². The second kappa shape index (κ2) is 4.78. The van der Waals surface area contributed by atoms with Gasteiger partial charge in [0, 0.05) is 15.8 Å². The zero-order valence-electron chi connectivity index (χ0n) is 10.1. The number of aromatic nitrogens is 2.